The molecule has 3 rings (SSSR count). The minimum atomic E-state index is 0.293. The van der Waals surface area contributed by atoms with E-state index in [1.165, 1.54) is 0 Å². The number of para-hydroxylation sites is 1. The summed E-state index contributed by atoms with van der Waals surface area (Å²) in [5.41, 5.74) is 5.03. The van der Waals surface area contributed by atoms with Gasteiger partial charge < -0.3 is 10.2 Å². The van der Waals surface area contributed by atoms with Gasteiger partial charge in [0, 0.05) is 27.6 Å². The maximum absolute atomic E-state index is 6.21. The van der Waals surface area contributed by atoms with Crippen molar-refractivity contribution in [3.8, 4) is 5.75 Å². The largest absolute Gasteiger partial charge is 0.488 e. The molecule has 0 fully saturated rings. The molecule has 0 saturated heterocycles. The van der Waals surface area contributed by atoms with Crippen LogP contribution in [0.1, 0.15) is 23.9 Å². The van der Waals surface area contributed by atoms with Crippen LogP contribution in [0.5, 0.6) is 5.75 Å². The first-order valence-corrected chi connectivity index (χ1v) is 9.30. The highest BCUT2D eigenvalue weighted by Crippen LogP contribution is 2.27. The van der Waals surface area contributed by atoms with Gasteiger partial charge in [0.1, 0.15) is 12.4 Å². The van der Waals surface area contributed by atoms with Gasteiger partial charge in [-0.25, -0.2) is 4.68 Å². The Morgan fingerprint density at radius 1 is 1.15 bits per heavy atom. The van der Waals surface area contributed by atoms with Crippen LogP contribution in [0.3, 0.4) is 0 Å². The second-order valence-electron chi connectivity index (χ2n) is 5.57. The van der Waals surface area contributed by atoms with E-state index in [1.54, 1.807) is 16.8 Å². The fraction of sp³-hybridized carbons (Fsp3) is 0.222. The molecule has 0 radical (unpaired) electrons. The van der Waals surface area contributed by atoms with Crippen LogP contribution in [0.2, 0.25) is 10.0 Å². The molecule has 5 nitrogen and oxygen atoms in total. The molecule has 2 aromatic carbocycles. The highest BCUT2D eigenvalue weighted by atomic mass is 35.5. The van der Waals surface area contributed by atoms with Gasteiger partial charge in [-0.1, -0.05) is 54.4 Å². The molecule has 3 aromatic rings. The average molecular weight is 409 g/mol. The van der Waals surface area contributed by atoms with Gasteiger partial charge >= 0.3 is 0 Å². The highest BCUT2D eigenvalue weighted by Gasteiger charge is 2.10. The Balaban J connectivity index is 1.74. The Kier molecular flexibility index (Phi) is 6.19. The lowest BCUT2D eigenvalue weighted by molar-refractivity contribution is 0.303. The minimum Gasteiger partial charge on any atom is -0.488 e. The van der Waals surface area contributed by atoms with Crippen LogP contribution in [-0.2, 0) is 19.6 Å². The molecule has 1 aromatic heterocycles. The Bertz CT molecular complexity index is 934. The zero-order chi connectivity index (χ0) is 18.5. The van der Waals surface area contributed by atoms with E-state index in [2.05, 4.69) is 15.6 Å². The number of nitrogens with one attached hydrogen (secondary N) is 2. The van der Waals surface area contributed by atoms with Crippen molar-refractivity contribution in [1.29, 1.82) is 0 Å². The first-order chi connectivity index (χ1) is 12.6. The molecule has 0 unspecified atom stereocenters. The van der Waals surface area contributed by atoms with Crippen molar-refractivity contribution in [3.05, 3.63) is 74.2 Å². The summed E-state index contributed by atoms with van der Waals surface area (Å²) in [5.74, 6) is 1.60. The van der Waals surface area contributed by atoms with Crippen LogP contribution in [0.15, 0.2) is 42.5 Å². The molecule has 0 amide bonds. The number of hydrogen-bond donors (Lipinski definition) is 2. The van der Waals surface area contributed by atoms with E-state index in [0.29, 0.717) is 28.0 Å². The van der Waals surface area contributed by atoms with Crippen LogP contribution in [0, 0.1) is 4.77 Å². The topological polar surface area (TPSA) is 54.9 Å². The molecule has 1 heterocycles. The number of hydrogen-bond acceptors (Lipinski definition) is 4. The fourth-order valence-corrected chi connectivity index (χ4v) is 3.23. The lowest BCUT2D eigenvalue weighted by atomic mass is 10.2. The molecule has 2 N–H and O–H groups in total. The van der Waals surface area contributed by atoms with Crippen molar-refractivity contribution in [3.63, 3.8) is 0 Å². The van der Waals surface area contributed by atoms with E-state index in [1.807, 2.05) is 37.3 Å². The summed E-state index contributed by atoms with van der Waals surface area (Å²) in [6, 6.07) is 13.2. The van der Waals surface area contributed by atoms with Gasteiger partial charge in [0.2, 0.25) is 4.77 Å². The van der Waals surface area contributed by atoms with Crippen molar-refractivity contribution in [2.45, 2.75) is 26.5 Å². The van der Waals surface area contributed by atoms with Gasteiger partial charge in [-0.05, 0) is 30.4 Å². The molecule has 0 aliphatic heterocycles. The number of aryl methyl sites for hydroxylation is 1. The highest BCUT2D eigenvalue weighted by molar-refractivity contribution is 7.71. The Hall–Kier alpha value is -2.02. The first-order valence-electron chi connectivity index (χ1n) is 8.14. The van der Waals surface area contributed by atoms with E-state index >= 15 is 0 Å². The molecule has 0 spiro atoms. The lowest BCUT2D eigenvalue weighted by Crippen LogP contribution is -2.17. The predicted octanol–water partition coefficient (Wildman–Crippen LogP) is 5.13. The summed E-state index contributed by atoms with van der Waals surface area (Å²) in [6.07, 6.45) is 0.767. The van der Waals surface area contributed by atoms with Gasteiger partial charge in [0.05, 0.1) is 6.54 Å². The van der Waals surface area contributed by atoms with Crippen molar-refractivity contribution in [1.82, 2.24) is 14.9 Å². The summed E-state index contributed by atoms with van der Waals surface area (Å²) in [4.78, 5) is 0. The normalized spacial score (nSPS) is 10.7. The lowest BCUT2D eigenvalue weighted by Gasteiger charge is -2.15. The van der Waals surface area contributed by atoms with E-state index in [4.69, 9.17) is 40.2 Å². The van der Waals surface area contributed by atoms with E-state index in [-0.39, 0.29) is 0 Å². The van der Waals surface area contributed by atoms with Crippen molar-refractivity contribution in [2.24, 2.45) is 0 Å². The Morgan fingerprint density at radius 3 is 2.62 bits per heavy atom. The SMILES string of the molecule is CCc1n[nH]c(=S)n1NCc1ccccc1OCc1c(Cl)cccc1Cl. The first kappa shape index (κ1) is 18.8. The molecule has 0 saturated carbocycles. The molecule has 8 heteroatoms. The second-order valence-corrected chi connectivity index (χ2v) is 6.77. The van der Waals surface area contributed by atoms with E-state index < -0.39 is 0 Å². The quantitative estimate of drug-likeness (QED) is 0.531. The smallest absolute Gasteiger partial charge is 0.214 e. The number of aromatic nitrogens is 3. The molecule has 0 aliphatic rings. The molecular formula is C18H18Cl2N4OS. The maximum atomic E-state index is 6.21. The fourth-order valence-electron chi connectivity index (χ4n) is 2.50. The number of halogens is 2. The number of rotatable bonds is 7. The van der Waals surface area contributed by atoms with Gasteiger partial charge in [0.15, 0.2) is 5.82 Å². The van der Waals surface area contributed by atoms with Crippen molar-refractivity contribution in [2.75, 3.05) is 5.43 Å². The van der Waals surface area contributed by atoms with Gasteiger partial charge in [-0.15, -0.1) is 0 Å². The zero-order valence-electron chi connectivity index (χ0n) is 14.1. The average Bonchev–Trinajstić information content (AvgIpc) is 3.00. The summed E-state index contributed by atoms with van der Waals surface area (Å²) in [5, 5.41) is 8.15. The Labute approximate surface area is 166 Å². The summed E-state index contributed by atoms with van der Waals surface area (Å²) >= 11 is 17.7. The van der Waals surface area contributed by atoms with E-state index in [0.717, 1.165) is 29.1 Å². The molecule has 0 aliphatic carbocycles. The number of ether oxygens (including phenoxy) is 1. The molecular weight excluding hydrogens is 391 g/mol. The number of benzene rings is 2. The van der Waals surface area contributed by atoms with E-state index in [9.17, 15) is 0 Å². The number of H-pyrrole nitrogens is 1. The predicted molar refractivity (Wildman–Crippen MR) is 107 cm³/mol. The third kappa shape index (κ3) is 4.20. The summed E-state index contributed by atoms with van der Waals surface area (Å²) < 4.78 is 8.28. The molecule has 0 atom stereocenters. The summed E-state index contributed by atoms with van der Waals surface area (Å²) in [7, 11) is 0. The zero-order valence-corrected chi connectivity index (χ0v) is 16.5. The minimum absolute atomic E-state index is 0.293. The third-order valence-electron chi connectivity index (χ3n) is 3.89. The van der Waals surface area contributed by atoms with Crippen LogP contribution in [-0.4, -0.2) is 14.9 Å². The Morgan fingerprint density at radius 2 is 1.88 bits per heavy atom. The third-order valence-corrected chi connectivity index (χ3v) is 4.87. The van der Waals surface area contributed by atoms with Crippen LogP contribution in [0.25, 0.3) is 0 Å². The maximum Gasteiger partial charge on any atom is 0.214 e. The number of nitrogens with zero attached hydrogens (tertiary/aromatic N) is 2. The van der Waals surface area contributed by atoms with Crippen LogP contribution in [0.4, 0.5) is 0 Å². The van der Waals surface area contributed by atoms with Crippen molar-refractivity contribution >= 4 is 35.4 Å². The monoisotopic (exact) mass is 408 g/mol. The van der Waals surface area contributed by atoms with Gasteiger partial charge in [0.25, 0.3) is 0 Å². The molecule has 0 bridgehead atoms. The standard InChI is InChI=1S/C18H18Cl2N4OS/c1-2-17-22-23-18(26)24(17)21-10-12-6-3-4-9-16(12)25-11-13-14(19)7-5-8-15(13)20/h3-9,21H,2,10-11H2,1H3,(H,23,26). The second kappa shape index (κ2) is 8.58. The van der Waals surface area contributed by atoms with Gasteiger partial charge in [-0.3, -0.25) is 5.10 Å². The van der Waals surface area contributed by atoms with Crippen LogP contribution < -0.4 is 10.2 Å². The molecule has 26 heavy (non-hydrogen) atoms. The molecule has 136 valence electrons. The summed E-state index contributed by atoms with van der Waals surface area (Å²) in [6.45, 7) is 2.85. The van der Waals surface area contributed by atoms with Crippen molar-refractivity contribution < 1.29 is 4.74 Å². The number of aromatic amines is 1. The van der Waals surface area contributed by atoms with Crippen LogP contribution >= 0.6 is 35.4 Å². The van der Waals surface area contributed by atoms with Gasteiger partial charge in [-0.2, -0.15) is 5.10 Å².